The third kappa shape index (κ3) is 4.22. The summed E-state index contributed by atoms with van der Waals surface area (Å²) < 4.78 is 0. The Hall–Kier alpha value is -2.34. The van der Waals surface area contributed by atoms with Gasteiger partial charge in [0.15, 0.2) is 0 Å². The van der Waals surface area contributed by atoms with Gasteiger partial charge >= 0.3 is 0 Å². The minimum Gasteiger partial charge on any atom is -0.353 e. The number of nitrogens with one attached hydrogen (secondary N) is 1. The molecule has 2 aromatic rings. The standard InChI is InChI=1S/C22H25N3O2S/c26-20(24-16-8-3-1-2-4-9-16)13-15-25-18-11-5-6-12-19(18)28-21-17(22(25)27)10-7-14-23-21/h5-7,10-12,14,16H,1-4,8-9,13,15H2,(H,24,26). The highest BCUT2D eigenvalue weighted by Crippen LogP contribution is 2.40. The fourth-order valence-corrected chi connectivity index (χ4v) is 4.94. The van der Waals surface area contributed by atoms with Crippen LogP contribution in [-0.2, 0) is 4.79 Å². The molecule has 1 saturated carbocycles. The largest absolute Gasteiger partial charge is 0.353 e. The van der Waals surface area contributed by atoms with Crippen LogP contribution in [0.25, 0.3) is 0 Å². The number of fused-ring (bicyclic) bond motifs is 2. The highest BCUT2D eigenvalue weighted by molar-refractivity contribution is 7.99. The number of para-hydroxylation sites is 1. The first-order chi connectivity index (χ1) is 13.7. The molecule has 1 fully saturated rings. The predicted molar refractivity (Wildman–Crippen MR) is 111 cm³/mol. The van der Waals surface area contributed by atoms with Crippen LogP contribution in [0.4, 0.5) is 5.69 Å². The van der Waals surface area contributed by atoms with E-state index < -0.39 is 0 Å². The van der Waals surface area contributed by atoms with Crippen LogP contribution in [0, 0.1) is 0 Å². The van der Waals surface area contributed by atoms with Crippen LogP contribution in [0.1, 0.15) is 55.3 Å². The summed E-state index contributed by atoms with van der Waals surface area (Å²) in [7, 11) is 0. The van der Waals surface area contributed by atoms with Crippen molar-refractivity contribution in [1.29, 1.82) is 0 Å². The lowest BCUT2D eigenvalue weighted by Gasteiger charge is -2.23. The van der Waals surface area contributed by atoms with Crippen LogP contribution in [-0.4, -0.2) is 29.4 Å². The van der Waals surface area contributed by atoms with Gasteiger partial charge in [-0.15, -0.1) is 0 Å². The molecule has 5 nitrogen and oxygen atoms in total. The Morgan fingerprint density at radius 3 is 2.71 bits per heavy atom. The highest BCUT2D eigenvalue weighted by atomic mass is 32.2. The Labute approximate surface area is 169 Å². The van der Waals surface area contributed by atoms with Gasteiger partial charge < -0.3 is 10.2 Å². The second kappa shape index (κ2) is 8.78. The third-order valence-corrected chi connectivity index (χ3v) is 6.48. The first-order valence-electron chi connectivity index (χ1n) is 10.1. The fraction of sp³-hybridized carbons (Fsp3) is 0.409. The number of hydrogen-bond acceptors (Lipinski definition) is 4. The highest BCUT2D eigenvalue weighted by Gasteiger charge is 2.28. The van der Waals surface area contributed by atoms with Crippen LogP contribution in [0.3, 0.4) is 0 Å². The summed E-state index contributed by atoms with van der Waals surface area (Å²) in [5.74, 6) is -0.0664. The minimum atomic E-state index is -0.0946. The van der Waals surface area contributed by atoms with E-state index in [0.717, 1.165) is 23.4 Å². The van der Waals surface area contributed by atoms with Gasteiger partial charge in [0.05, 0.1) is 11.3 Å². The summed E-state index contributed by atoms with van der Waals surface area (Å²) in [4.78, 5) is 32.8. The smallest absolute Gasteiger partial charge is 0.261 e. The second-order valence-electron chi connectivity index (χ2n) is 7.39. The molecule has 6 heteroatoms. The molecule has 0 radical (unpaired) electrons. The summed E-state index contributed by atoms with van der Waals surface area (Å²) >= 11 is 1.50. The normalized spacial score (nSPS) is 17.3. The maximum atomic E-state index is 13.2. The number of aromatic nitrogens is 1. The molecule has 0 unspecified atom stereocenters. The van der Waals surface area contributed by atoms with E-state index in [1.165, 1.54) is 37.4 Å². The number of carbonyl (C=O) groups is 2. The first-order valence-corrected chi connectivity index (χ1v) is 10.9. The van der Waals surface area contributed by atoms with Gasteiger partial charge in [0.2, 0.25) is 5.91 Å². The Bertz CT molecular complexity index is 862. The maximum Gasteiger partial charge on any atom is 0.261 e. The van der Waals surface area contributed by atoms with Crippen molar-refractivity contribution in [2.45, 2.75) is 60.9 Å². The van der Waals surface area contributed by atoms with E-state index in [2.05, 4.69) is 10.3 Å². The molecule has 0 saturated heterocycles. The Morgan fingerprint density at radius 1 is 1.11 bits per heavy atom. The number of rotatable bonds is 4. The van der Waals surface area contributed by atoms with Crippen molar-refractivity contribution in [2.75, 3.05) is 11.4 Å². The minimum absolute atomic E-state index is 0.0282. The molecule has 28 heavy (non-hydrogen) atoms. The predicted octanol–water partition coefficient (Wildman–Crippen LogP) is 4.42. The Morgan fingerprint density at radius 2 is 1.89 bits per heavy atom. The number of amides is 2. The average Bonchev–Trinajstić information content (AvgIpc) is 3.03. The van der Waals surface area contributed by atoms with E-state index in [0.29, 0.717) is 23.6 Å². The summed E-state index contributed by atoms with van der Waals surface area (Å²) in [6.07, 6.45) is 9.02. The van der Waals surface area contributed by atoms with Crippen LogP contribution < -0.4 is 10.2 Å². The van der Waals surface area contributed by atoms with E-state index in [9.17, 15) is 9.59 Å². The second-order valence-corrected chi connectivity index (χ2v) is 8.42. The van der Waals surface area contributed by atoms with Crippen molar-refractivity contribution < 1.29 is 9.59 Å². The van der Waals surface area contributed by atoms with E-state index in [1.54, 1.807) is 17.2 Å². The molecule has 0 atom stereocenters. The zero-order valence-corrected chi connectivity index (χ0v) is 16.7. The number of pyridine rings is 1. The van der Waals surface area contributed by atoms with Gasteiger partial charge in [0.1, 0.15) is 5.03 Å². The quantitative estimate of drug-likeness (QED) is 0.779. The molecule has 1 aromatic heterocycles. The summed E-state index contributed by atoms with van der Waals surface area (Å²) in [6.45, 7) is 0.364. The lowest BCUT2D eigenvalue weighted by Crippen LogP contribution is -2.38. The average molecular weight is 396 g/mol. The molecule has 0 spiro atoms. The van der Waals surface area contributed by atoms with Crippen molar-refractivity contribution in [3.8, 4) is 0 Å². The van der Waals surface area contributed by atoms with Crippen LogP contribution in [0.5, 0.6) is 0 Å². The van der Waals surface area contributed by atoms with E-state index in [1.807, 2.05) is 30.3 Å². The molecule has 2 amide bonds. The maximum absolute atomic E-state index is 13.2. The SMILES string of the molecule is O=C(CCN1C(=O)c2cccnc2Sc2ccccc21)NC1CCCCCC1. The molecule has 1 aliphatic carbocycles. The molecule has 2 heterocycles. The summed E-state index contributed by atoms with van der Waals surface area (Å²) in [5.41, 5.74) is 1.44. The lowest BCUT2D eigenvalue weighted by molar-refractivity contribution is -0.121. The summed E-state index contributed by atoms with van der Waals surface area (Å²) in [6, 6.07) is 11.7. The van der Waals surface area contributed by atoms with Gasteiger partial charge in [-0.3, -0.25) is 9.59 Å². The number of carbonyl (C=O) groups excluding carboxylic acids is 2. The van der Waals surface area contributed by atoms with Gasteiger partial charge in [0, 0.05) is 30.1 Å². The van der Waals surface area contributed by atoms with Gasteiger partial charge in [-0.25, -0.2) is 4.98 Å². The molecule has 1 aromatic carbocycles. The monoisotopic (exact) mass is 395 g/mol. The number of benzene rings is 1. The Kier molecular flexibility index (Phi) is 5.95. The molecule has 1 N–H and O–H groups in total. The van der Waals surface area contributed by atoms with Crippen LogP contribution in [0.2, 0.25) is 0 Å². The van der Waals surface area contributed by atoms with Crippen LogP contribution >= 0.6 is 11.8 Å². The molecule has 2 aliphatic rings. The van der Waals surface area contributed by atoms with E-state index >= 15 is 0 Å². The number of nitrogens with zero attached hydrogens (tertiary/aromatic N) is 2. The van der Waals surface area contributed by atoms with Crippen molar-refractivity contribution in [3.63, 3.8) is 0 Å². The lowest BCUT2D eigenvalue weighted by atomic mass is 10.1. The molecule has 0 bridgehead atoms. The van der Waals surface area contributed by atoms with Crippen molar-refractivity contribution in [3.05, 3.63) is 48.2 Å². The summed E-state index contributed by atoms with van der Waals surface area (Å²) in [5, 5.41) is 3.89. The van der Waals surface area contributed by atoms with Crippen molar-refractivity contribution in [1.82, 2.24) is 10.3 Å². The molecule has 1 aliphatic heterocycles. The van der Waals surface area contributed by atoms with Crippen molar-refractivity contribution >= 4 is 29.3 Å². The Balaban J connectivity index is 1.49. The van der Waals surface area contributed by atoms with E-state index in [-0.39, 0.29) is 17.9 Å². The molecule has 4 rings (SSSR count). The molecular formula is C22H25N3O2S. The van der Waals surface area contributed by atoms with Crippen LogP contribution in [0.15, 0.2) is 52.5 Å². The number of anilines is 1. The van der Waals surface area contributed by atoms with Gasteiger partial charge in [-0.05, 0) is 37.1 Å². The van der Waals surface area contributed by atoms with Gasteiger partial charge in [-0.1, -0.05) is 49.6 Å². The van der Waals surface area contributed by atoms with Crippen molar-refractivity contribution in [2.24, 2.45) is 0 Å². The van der Waals surface area contributed by atoms with E-state index in [4.69, 9.17) is 0 Å². The molecular weight excluding hydrogens is 370 g/mol. The number of hydrogen-bond donors (Lipinski definition) is 1. The third-order valence-electron chi connectivity index (χ3n) is 5.39. The van der Waals surface area contributed by atoms with Gasteiger partial charge in [-0.2, -0.15) is 0 Å². The zero-order chi connectivity index (χ0) is 19.3. The van der Waals surface area contributed by atoms with Gasteiger partial charge in [0.25, 0.3) is 5.91 Å². The molecule has 146 valence electrons. The zero-order valence-electron chi connectivity index (χ0n) is 15.9. The topological polar surface area (TPSA) is 62.3 Å². The first kappa shape index (κ1) is 19.0. The fourth-order valence-electron chi connectivity index (χ4n) is 3.92.